The van der Waals surface area contributed by atoms with Crippen LogP contribution in [0.3, 0.4) is 0 Å². The first-order valence-corrected chi connectivity index (χ1v) is 5.94. The van der Waals surface area contributed by atoms with Gasteiger partial charge in [0.2, 0.25) is 0 Å². The first-order chi connectivity index (χ1) is 8.50. The first-order valence-electron chi connectivity index (χ1n) is 5.94. The van der Waals surface area contributed by atoms with Crippen LogP contribution >= 0.6 is 0 Å². The Labute approximate surface area is 104 Å². The van der Waals surface area contributed by atoms with Crippen molar-refractivity contribution in [1.82, 2.24) is 5.32 Å². The van der Waals surface area contributed by atoms with E-state index >= 15 is 0 Å². The maximum atomic E-state index is 12.4. The van der Waals surface area contributed by atoms with E-state index in [1.807, 2.05) is 0 Å². The lowest BCUT2D eigenvalue weighted by atomic mass is 9.95. The fourth-order valence-electron chi connectivity index (χ4n) is 2.22. The molecule has 2 nitrogen and oxygen atoms in total. The van der Waals surface area contributed by atoms with Gasteiger partial charge in [0.05, 0.1) is 11.7 Å². The van der Waals surface area contributed by atoms with Gasteiger partial charge in [0, 0.05) is 19.7 Å². The Bertz CT molecular complexity index is 380. The molecule has 1 aromatic carbocycles. The molecular formula is C13H16F3NO. The average molecular weight is 259 g/mol. The van der Waals surface area contributed by atoms with E-state index < -0.39 is 11.7 Å². The molecule has 2 unspecified atom stereocenters. The molecule has 1 aliphatic heterocycles. The van der Waals surface area contributed by atoms with Gasteiger partial charge in [0.15, 0.2) is 0 Å². The SMILES string of the molecule is COC1CCC(c2ccc(C(F)(F)F)cc2)NC1. The molecule has 0 aliphatic carbocycles. The van der Waals surface area contributed by atoms with Crippen LogP contribution in [0.2, 0.25) is 0 Å². The van der Waals surface area contributed by atoms with Crippen LogP contribution in [0.4, 0.5) is 13.2 Å². The second-order valence-electron chi connectivity index (χ2n) is 4.52. The highest BCUT2D eigenvalue weighted by atomic mass is 19.4. The third-order valence-electron chi connectivity index (χ3n) is 3.34. The molecule has 2 rings (SSSR count). The van der Waals surface area contributed by atoms with Crippen LogP contribution in [-0.4, -0.2) is 19.8 Å². The van der Waals surface area contributed by atoms with Crippen molar-refractivity contribution in [3.63, 3.8) is 0 Å². The van der Waals surface area contributed by atoms with Gasteiger partial charge in [-0.15, -0.1) is 0 Å². The highest BCUT2D eigenvalue weighted by Gasteiger charge is 2.30. The van der Waals surface area contributed by atoms with Crippen molar-refractivity contribution in [3.05, 3.63) is 35.4 Å². The molecule has 1 N–H and O–H groups in total. The zero-order valence-electron chi connectivity index (χ0n) is 10.1. The topological polar surface area (TPSA) is 21.3 Å². The second-order valence-corrected chi connectivity index (χ2v) is 4.52. The molecule has 1 aromatic rings. The lowest BCUT2D eigenvalue weighted by Crippen LogP contribution is -2.37. The summed E-state index contributed by atoms with van der Waals surface area (Å²) in [6, 6.07) is 5.50. The van der Waals surface area contributed by atoms with Gasteiger partial charge in [0.25, 0.3) is 0 Å². The third-order valence-corrected chi connectivity index (χ3v) is 3.34. The van der Waals surface area contributed by atoms with E-state index in [0.29, 0.717) is 0 Å². The van der Waals surface area contributed by atoms with Crippen LogP contribution in [0.15, 0.2) is 24.3 Å². The van der Waals surface area contributed by atoms with E-state index in [-0.39, 0.29) is 12.1 Å². The summed E-state index contributed by atoms with van der Waals surface area (Å²) >= 11 is 0. The summed E-state index contributed by atoms with van der Waals surface area (Å²) in [5.41, 5.74) is 0.300. The molecule has 1 fully saturated rings. The van der Waals surface area contributed by atoms with Gasteiger partial charge in [-0.2, -0.15) is 13.2 Å². The largest absolute Gasteiger partial charge is 0.416 e. The van der Waals surface area contributed by atoms with Crippen molar-refractivity contribution in [2.75, 3.05) is 13.7 Å². The van der Waals surface area contributed by atoms with Crippen LogP contribution in [0.25, 0.3) is 0 Å². The number of nitrogens with one attached hydrogen (secondary N) is 1. The molecule has 1 aliphatic rings. The Hall–Kier alpha value is -1.07. The quantitative estimate of drug-likeness (QED) is 0.881. The Morgan fingerprint density at radius 1 is 1.17 bits per heavy atom. The van der Waals surface area contributed by atoms with Crippen LogP contribution in [-0.2, 0) is 10.9 Å². The van der Waals surface area contributed by atoms with Crippen LogP contribution in [0, 0.1) is 0 Å². The summed E-state index contributed by atoms with van der Waals surface area (Å²) < 4.78 is 42.5. The molecule has 100 valence electrons. The first kappa shape index (κ1) is 13.4. The molecule has 0 radical (unpaired) electrons. The van der Waals surface area contributed by atoms with E-state index in [4.69, 9.17) is 4.74 Å². The van der Waals surface area contributed by atoms with Crippen molar-refractivity contribution in [2.24, 2.45) is 0 Å². The third kappa shape index (κ3) is 3.03. The molecule has 0 bridgehead atoms. The molecule has 5 heteroatoms. The minimum Gasteiger partial charge on any atom is -0.380 e. The lowest BCUT2D eigenvalue weighted by Gasteiger charge is -2.29. The number of halogens is 3. The van der Waals surface area contributed by atoms with Gasteiger partial charge >= 0.3 is 6.18 Å². The van der Waals surface area contributed by atoms with Crippen molar-refractivity contribution < 1.29 is 17.9 Å². The highest BCUT2D eigenvalue weighted by molar-refractivity contribution is 5.27. The summed E-state index contributed by atoms with van der Waals surface area (Å²) in [7, 11) is 1.67. The molecule has 1 saturated heterocycles. The normalized spacial score (nSPS) is 25.1. The molecule has 0 spiro atoms. The standard InChI is InChI=1S/C13H16F3NO/c1-18-11-6-7-12(17-8-11)9-2-4-10(5-3-9)13(14,15)16/h2-5,11-12,17H,6-8H2,1H3. The summed E-state index contributed by atoms with van der Waals surface area (Å²) in [6.45, 7) is 0.738. The van der Waals surface area contributed by atoms with Gasteiger partial charge in [-0.25, -0.2) is 0 Å². The number of methoxy groups -OCH3 is 1. The van der Waals surface area contributed by atoms with Gasteiger partial charge in [-0.1, -0.05) is 12.1 Å². The van der Waals surface area contributed by atoms with E-state index in [9.17, 15) is 13.2 Å². The zero-order chi connectivity index (χ0) is 13.2. The molecule has 0 saturated carbocycles. The Morgan fingerprint density at radius 2 is 1.83 bits per heavy atom. The fourth-order valence-corrected chi connectivity index (χ4v) is 2.22. The van der Waals surface area contributed by atoms with Crippen LogP contribution < -0.4 is 5.32 Å². The van der Waals surface area contributed by atoms with Gasteiger partial charge in [-0.05, 0) is 30.5 Å². The van der Waals surface area contributed by atoms with Gasteiger partial charge in [-0.3, -0.25) is 0 Å². The van der Waals surface area contributed by atoms with E-state index in [2.05, 4.69) is 5.32 Å². The molecule has 2 atom stereocenters. The maximum absolute atomic E-state index is 12.4. The number of benzene rings is 1. The predicted molar refractivity (Wildman–Crippen MR) is 62.2 cm³/mol. The number of hydrogen-bond donors (Lipinski definition) is 1. The Morgan fingerprint density at radius 3 is 2.28 bits per heavy atom. The van der Waals surface area contributed by atoms with Crippen molar-refractivity contribution in [3.8, 4) is 0 Å². The predicted octanol–water partition coefficient (Wildman–Crippen LogP) is 3.14. The summed E-state index contributed by atoms with van der Waals surface area (Å²) in [4.78, 5) is 0. The Kier molecular flexibility index (Phi) is 3.92. The fraction of sp³-hybridized carbons (Fsp3) is 0.538. The summed E-state index contributed by atoms with van der Waals surface area (Å²) in [6.07, 6.45) is -2.26. The number of piperidine rings is 1. The number of alkyl halides is 3. The lowest BCUT2D eigenvalue weighted by molar-refractivity contribution is -0.137. The minimum absolute atomic E-state index is 0.124. The van der Waals surface area contributed by atoms with Gasteiger partial charge < -0.3 is 10.1 Å². The second kappa shape index (κ2) is 5.28. The van der Waals surface area contributed by atoms with Crippen molar-refractivity contribution in [2.45, 2.75) is 31.2 Å². The summed E-state index contributed by atoms with van der Waals surface area (Å²) in [5.74, 6) is 0. The molecule has 0 aromatic heterocycles. The van der Waals surface area contributed by atoms with Crippen LogP contribution in [0.1, 0.15) is 30.0 Å². The number of hydrogen-bond acceptors (Lipinski definition) is 2. The molecular weight excluding hydrogens is 243 g/mol. The maximum Gasteiger partial charge on any atom is 0.416 e. The van der Waals surface area contributed by atoms with E-state index in [1.54, 1.807) is 19.2 Å². The van der Waals surface area contributed by atoms with E-state index in [0.717, 1.165) is 37.1 Å². The molecule has 18 heavy (non-hydrogen) atoms. The van der Waals surface area contributed by atoms with Crippen molar-refractivity contribution in [1.29, 1.82) is 0 Å². The zero-order valence-corrected chi connectivity index (χ0v) is 10.1. The van der Waals surface area contributed by atoms with Crippen molar-refractivity contribution >= 4 is 0 Å². The van der Waals surface area contributed by atoms with Gasteiger partial charge in [0.1, 0.15) is 0 Å². The minimum atomic E-state index is -4.26. The van der Waals surface area contributed by atoms with E-state index in [1.165, 1.54) is 0 Å². The monoisotopic (exact) mass is 259 g/mol. The highest BCUT2D eigenvalue weighted by Crippen LogP contribution is 2.31. The number of ether oxygens (including phenoxy) is 1. The van der Waals surface area contributed by atoms with Crippen LogP contribution in [0.5, 0.6) is 0 Å². The number of rotatable bonds is 2. The molecule has 1 heterocycles. The summed E-state index contributed by atoms with van der Waals surface area (Å²) in [5, 5.41) is 3.29. The Balaban J connectivity index is 2.02. The average Bonchev–Trinajstić information content (AvgIpc) is 2.38. The smallest absolute Gasteiger partial charge is 0.380 e. The molecule has 0 amide bonds.